The molecule has 31 heavy (non-hydrogen) atoms. The molecule has 1 fully saturated rings. The molecule has 0 unspecified atom stereocenters. The first kappa shape index (κ1) is 23.4. The van der Waals surface area contributed by atoms with Gasteiger partial charge >= 0.3 is 7.82 Å². The lowest BCUT2D eigenvalue weighted by Crippen LogP contribution is -2.34. The molecule has 0 atom stereocenters. The number of nitrogens with zero attached hydrogens (tertiary/aromatic N) is 1. The minimum atomic E-state index is -4.54. The molecule has 1 aliphatic heterocycles. The summed E-state index contributed by atoms with van der Waals surface area (Å²) in [6.07, 6.45) is 3.58. The quantitative estimate of drug-likeness (QED) is 0.400. The third-order valence-corrected chi connectivity index (χ3v) is 5.19. The average molecular weight is 455 g/mol. The highest BCUT2D eigenvalue weighted by atomic mass is 31.2. The van der Waals surface area contributed by atoms with E-state index < -0.39 is 13.6 Å². The van der Waals surface area contributed by atoms with Crippen molar-refractivity contribution in [3.8, 4) is 11.5 Å². The van der Waals surface area contributed by atoms with Gasteiger partial charge in [-0.2, -0.15) is 0 Å². The summed E-state index contributed by atoms with van der Waals surface area (Å²) in [5.74, 6) is 0.771. The van der Waals surface area contributed by atoms with Crippen molar-refractivity contribution in [1.29, 1.82) is 0 Å². The molecule has 11 heteroatoms. The van der Waals surface area contributed by atoms with Crippen LogP contribution in [0, 0.1) is 5.82 Å². The lowest BCUT2D eigenvalue weighted by Gasteiger charge is -2.25. The molecule has 0 bridgehead atoms. The second-order valence-electron chi connectivity index (χ2n) is 7.00. The van der Waals surface area contributed by atoms with Crippen molar-refractivity contribution in [1.82, 2.24) is 10.3 Å². The van der Waals surface area contributed by atoms with Gasteiger partial charge in [0, 0.05) is 12.3 Å². The molecule has 0 saturated carbocycles. The van der Waals surface area contributed by atoms with Crippen LogP contribution in [0.5, 0.6) is 11.5 Å². The van der Waals surface area contributed by atoms with E-state index in [0.717, 1.165) is 25.9 Å². The molecule has 170 valence electrons. The van der Waals surface area contributed by atoms with Gasteiger partial charge in [0.1, 0.15) is 11.9 Å². The average Bonchev–Trinajstić information content (AvgIpc) is 2.72. The molecule has 9 nitrogen and oxygen atoms in total. The SMILES string of the molecule is CCOc1c(OC2CCNCC2)ccnc1Nc1ccc(CCOP(=O)(O)O)cc1F. The first-order valence-corrected chi connectivity index (χ1v) is 11.6. The summed E-state index contributed by atoms with van der Waals surface area (Å²) in [6.45, 7) is 3.80. The molecule has 1 aliphatic rings. The van der Waals surface area contributed by atoms with E-state index in [1.165, 1.54) is 12.1 Å². The molecular formula is C20H27FN3O6P. The molecule has 0 aliphatic carbocycles. The van der Waals surface area contributed by atoms with Gasteiger partial charge in [0.15, 0.2) is 11.6 Å². The minimum absolute atomic E-state index is 0.0714. The van der Waals surface area contributed by atoms with E-state index in [1.54, 1.807) is 18.3 Å². The summed E-state index contributed by atoms with van der Waals surface area (Å²) >= 11 is 0. The Labute approximate surface area is 180 Å². The summed E-state index contributed by atoms with van der Waals surface area (Å²) in [4.78, 5) is 21.7. The summed E-state index contributed by atoms with van der Waals surface area (Å²) in [5.41, 5.74) is 0.726. The van der Waals surface area contributed by atoms with Crippen molar-refractivity contribution in [2.24, 2.45) is 0 Å². The molecule has 0 radical (unpaired) electrons. The Hall–Kier alpha value is -2.23. The van der Waals surface area contributed by atoms with Crippen molar-refractivity contribution in [2.45, 2.75) is 32.3 Å². The number of aromatic nitrogens is 1. The number of nitrogens with one attached hydrogen (secondary N) is 2. The van der Waals surface area contributed by atoms with Crippen LogP contribution in [0.3, 0.4) is 0 Å². The van der Waals surface area contributed by atoms with Gasteiger partial charge in [0.2, 0.25) is 5.75 Å². The van der Waals surface area contributed by atoms with Crippen LogP contribution in [0.1, 0.15) is 25.3 Å². The smallest absolute Gasteiger partial charge is 0.469 e. The maximum Gasteiger partial charge on any atom is 0.469 e. The van der Waals surface area contributed by atoms with E-state index in [-0.39, 0.29) is 24.8 Å². The number of halogens is 1. The van der Waals surface area contributed by atoms with E-state index in [4.69, 9.17) is 19.3 Å². The lowest BCUT2D eigenvalue weighted by atomic mass is 10.1. The summed E-state index contributed by atoms with van der Waals surface area (Å²) in [6, 6.07) is 6.18. The van der Waals surface area contributed by atoms with Crippen LogP contribution in [-0.2, 0) is 15.5 Å². The Morgan fingerprint density at radius 3 is 2.74 bits per heavy atom. The molecule has 4 N–H and O–H groups in total. The van der Waals surface area contributed by atoms with E-state index in [9.17, 15) is 8.96 Å². The molecule has 0 amide bonds. The number of pyridine rings is 1. The van der Waals surface area contributed by atoms with Crippen LogP contribution in [-0.4, -0.2) is 47.2 Å². The number of ether oxygens (including phenoxy) is 2. The van der Waals surface area contributed by atoms with Crippen molar-refractivity contribution in [3.05, 3.63) is 41.8 Å². The zero-order chi connectivity index (χ0) is 22.3. The number of piperidine rings is 1. The fourth-order valence-electron chi connectivity index (χ4n) is 3.21. The second-order valence-corrected chi connectivity index (χ2v) is 8.24. The standard InChI is InChI=1S/C20H27FN3O6P/c1-2-28-19-18(30-15-5-9-22-10-6-15)7-11-23-20(19)24-17-4-3-14(13-16(17)21)8-12-29-31(25,26)27/h3-4,7,11,13,15,22H,2,5-6,8-10,12H2,1H3,(H,23,24)(H2,25,26,27). The maximum absolute atomic E-state index is 14.6. The van der Waals surface area contributed by atoms with Crippen molar-refractivity contribution in [3.63, 3.8) is 0 Å². The highest BCUT2D eigenvalue weighted by Gasteiger charge is 2.20. The van der Waals surface area contributed by atoms with Crippen molar-refractivity contribution in [2.75, 3.05) is 31.6 Å². The highest BCUT2D eigenvalue weighted by molar-refractivity contribution is 7.46. The molecule has 1 saturated heterocycles. The Kier molecular flexibility index (Phi) is 8.22. The zero-order valence-corrected chi connectivity index (χ0v) is 18.1. The Bertz CT molecular complexity index is 920. The van der Waals surface area contributed by atoms with Crippen LogP contribution < -0.4 is 20.1 Å². The zero-order valence-electron chi connectivity index (χ0n) is 17.2. The van der Waals surface area contributed by atoms with Crippen molar-refractivity contribution >= 4 is 19.3 Å². The molecule has 3 rings (SSSR count). The third-order valence-electron chi connectivity index (χ3n) is 4.67. The van der Waals surface area contributed by atoms with E-state index in [1.807, 2.05) is 6.92 Å². The van der Waals surface area contributed by atoms with Gasteiger partial charge in [0.05, 0.1) is 18.9 Å². The first-order chi connectivity index (χ1) is 14.9. The summed E-state index contributed by atoms with van der Waals surface area (Å²) in [5, 5.41) is 6.24. The molecule has 0 spiro atoms. The van der Waals surface area contributed by atoms with E-state index in [2.05, 4.69) is 20.1 Å². The topological polar surface area (TPSA) is 122 Å². The number of hydrogen-bond acceptors (Lipinski definition) is 7. The normalized spacial score (nSPS) is 15.0. The predicted molar refractivity (Wildman–Crippen MR) is 113 cm³/mol. The number of anilines is 2. The largest absolute Gasteiger partial charge is 0.487 e. The Balaban J connectivity index is 1.73. The Morgan fingerprint density at radius 2 is 2.06 bits per heavy atom. The maximum atomic E-state index is 14.6. The summed E-state index contributed by atoms with van der Waals surface area (Å²) < 4.78 is 41.6. The van der Waals surface area contributed by atoms with Gasteiger partial charge in [-0.15, -0.1) is 0 Å². The molecule has 2 heterocycles. The van der Waals surface area contributed by atoms with Crippen LogP contribution >= 0.6 is 7.82 Å². The van der Waals surface area contributed by atoms with Gasteiger partial charge in [-0.25, -0.2) is 13.9 Å². The number of phosphoric acid groups is 1. The van der Waals surface area contributed by atoms with Gasteiger partial charge in [0.25, 0.3) is 0 Å². The fraction of sp³-hybridized carbons (Fsp3) is 0.450. The lowest BCUT2D eigenvalue weighted by molar-refractivity contribution is 0.154. The van der Waals surface area contributed by atoms with Crippen LogP contribution in [0.2, 0.25) is 0 Å². The van der Waals surface area contributed by atoms with Crippen molar-refractivity contribution < 1.29 is 32.7 Å². The monoisotopic (exact) mass is 455 g/mol. The van der Waals surface area contributed by atoms with Gasteiger partial charge < -0.3 is 29.9 Å². The molecule has 2 aromatic rings. The second kappa shape index (κ2) is 10.9. The minimum Gasteiger partial charge on any atom is -0.487 e. The predicted octanol–water partition coefficient (Wildman–Crippen LogP) is 3.15. The van der Waals surface area contributed by atoms with Crippen LogP contribution in [0.4, 0.5) is 15.9 Å². The van der Waals surface area contributed by atoms with Gasteiger partial charge in [-0.3, -0.25) is 4.52 Å². The van der Waals surface area contributed by atoms with E-state index >= 15 is 0 Å². The highest BCUT2D eigenvalue weighted by Crippen LogP contribution is 2.37. The Morgan fingerprint density at radius 1 is 1.29 bits per heavy atom. The molecular weight excluding hydrogens is 428 g/mol. The third kappa shape index (κ3) is 7.15. The number of benzene rings is 1. The van der Waals surface area contributed by atoms with Crippen LogP contribution in [0.25, 0.3) is 0 Å². The van der Waals surface area contributed by atoms with Crippen LogP contribution in [0.15, 0.2) is 30.5 Å². The number of phosphoric ester groups is 1. The number of hydrogen-bond donors (Lipinski definition) is 4. The first-order valence-electron chi connectivity index (χ1n) is 10.1. The fourth-order valence-corrected chi connectivity index (χ4v) is 3.54. The van der Waals surface area contributed by atoms with Gasteiger partial charge in [-0.1, -0.05) is 6.07 Å². The van der Waals surface area contributed by atoms with E-state index in [0.29, 0.717) is 29.5 Å². The summed E-state index contributed by atoms with van der Waals surface area (Å²) in [7, 11) is -4.54. The van der Waals surface area contributed by atoms with Gasteiger partial charge in [-0.05, 0) is 57.0 Å². The molecule has 1 aromatic heterocycles. The number of rotatable bonds is 10. The molecule has 1 aromatic carbocycles.